The van der Waals surface area contributed by atoms with Crippen molar-refractivity contribution in [3.8, 4) is 11.5 Å². The van der Waals surface area contributed by atoms with Crippen molar-refractivity contribution < 1.29 is 14.3 Å². The molecule has 29 heavy (non-hydrogen) atoms. The molecule has 152 valence electrons. The number of methoxy groups -OCH3 is 2. The second kappa shape index (κ2) is 8.48. The molecule has 0 atom stereocenters. The normalized spacial score (nSPS) is 14.6. The van der Waals surface area contributed by atoms with Crippen molar-refractivity contribution in [3.63, 3.8) is 0 Å². The van der Waals surface area contributed by atoms with E-state index in [2.05, 4.69) is 15.4 Å². The number of ether oxygens (including phenoxy) is 2. The van der Waals surface area contributed by atoms with Crippen LogP contribution in [0.2, 0.25) is 0 Å². The number of carbonyl (C=O) groups excluding carboxylic acids is 1. The van der Waals surface area contributed by atoms with E-state index < -0.39 is 0 Å². The third kappa shape index (κ3) is 4.02. The first-order valence-corrected chi connectivity index (χ1v) is 9.72. The van der Waals surface area contributed by atoms with Gasteiger partial charge in [-0.3, -0.25) is 4.79 Å². The van der Waals surface area contributed by atoms with Gasteiger partial charge < -0.3 is 19.7 Å². The first-order chi connectivity index (χ1) is 14.2. The molecule has 3 heterocycles. The van der Waals surface area contributed by atoms with Gasteiger partial charge in [-0.25, -0.2) is 9.67 Å². The summed E-state index contributed by atoms with van der Waals surface area (Å²) in [6.07, 6.45) is 4.36. The number of hydrogen-bond donors (Lipinski definition) is 1. The van der Waals surface area contributed by atoms with Crippen LogP contribution >= 0.6 is 0 Å². The van der Waals surface area contributed by atoms with Crippen molar-refractivity contribution in [2.75, 3.05) is 40.4 Å². The highest BCUT2D eigenvalue weighted by molar-refractivity contribution is 5.96. The highest BCUT2D eigenvalue weighted by atomic mass is 16.5. The van der Waals surface area contributed by atoms with Crippen LogP contribution in [-0.4, -0.2) is 66.0 Å². The van der Waals surface area contributed by atoms with Gasteiger partial charge in [0.1, 0.15) is 11.5 Å². The van der Waals surface area contributed by atoms with Crippen LogP contribution in [0.25, 0.3) is 11.0 Å². The summed E-state index contributed by atoms with van der Waals surface area (Å²) >= 11 is 0. The van der Waals surface area contributed by atoms with Gasteiger partial charge >= 0.3 is 0 Å². The number of carbonyl (C=O) groups is 1. The molecule has 1 fully saturated rings. The van der Waals surface area contributed by atoms with E-state index >= 15 is 0 Å². The minimum atomic E-state index is 0.0210. The first-order valence-electron chi connectivity index (χ1n) is 9.72. The summed E-state index contributed by atoms with van der Waals surface area (Å²) in [6, 6.07) is 7.57. The van der Waals surface area contributed by atoms with E-state index in [0.717, 1.165) is 54.2 Å². The lowest BCUT2D eigenvalue weighted by Gasteiger charge is -2.19. The van der Waals surface area contributed by atoms with E-state index in [0.29, 0.717) is 18.7 Å². The standard InChI is InChI=1S/C21H25N5O3/c1-28-18-5-4-15(19(11-18)29-2)14-26-20-16(13-24-26)10-17(12-23-20)21(27)25-8-3-6-22-7-9-25/h4-5,10-13,22H,3,6-9,14H2,1-2H3. The quantitative estimate of drug-likeness (QED) is 0.711. The number of hydrogen-bond acceptors (Lipinski definition) is 6. The third-order valence-corrected chi connectivity index (χ3v) is 5.16. The largest absolute Gasteiger partial charge is 0.497 e. The van der Waals surface area contributed by atoms with Gasteiger partial charge in [-0.1, -0.05) is 0 Å². The molecule has 1 aliphatic heterocycles. The molecular weight excluding hydrogens is 370 g/mol. The van der Waals surface area contributed by atoms with Crippen molar-refractivity contribution in [1.82, 2.24) is 25.0 Å². The van der Waals surface area contributed by atoms with Crippen molar-refractivity contribution in [2.24, 2.45) is 0 Å². The highest BCUT2D eigenvalue weighted by Gasteiger charge is 2.19. The fourth-order valence-electron chi connectivity index (χ4n) is 3.58. The Bertz CT molecular complexity index is 1010. The monoisotopic (exact) mass is 395 g/mol. The van der Waals surface area contributed by atoms with Gasteiger partial charge in [0.15, 0.2) is 5.65 Å². The van der Waals surface area contributed by atoms with Gasteiger partial charge in [-0.2, -0.15) is 5.10 Å². The predicted molar refractivity (Wildman–Crippen MR) is 110 cm³/mol. The second-order valence-corrected chi connectivity index (χ2v) is 7.01. The van der Waals surface area contributed by atoms with Crippen molar-refractivity contribution >= 4 is 16.9 Å². The molecule has 1 amide bonds. The fraction of sp³-hybridized carbons (Fsp3) is 0.381. The Morgan fingerprint density at radius 2 is 2.03 bits per heavy atom. The number of pyridine rings is 1. The zero-order chi connectivity index (χ0) is 20.2. The number of nitrogens with zero attached hydrogens (tertiary/aromatic N) is 4. The lowest BCUT2D eigenvalue weighted by atomic mass is 10.2. The average Bonchev–Trinajstić information content (AvgIpc) is 2.97. The SMILES string of the molecule is COc1ccc(Cn2ncc3cc(C(=O)N4CCCNCC4)cnc32)c(OC)c1. The number of aromatic nitrogens is 3. The molecule has 0 radical (unpaired) electrons. The molecule has 8 nitrogen and oxygen atoms in total. The molecule has 1 aliphatic rings. The number of fused-ring (bicyclic) bond motifs is 1. The number of rotatable bonds is 5. The van der Waals surface area contributed by atoms with Crippen LogP contribution in [0.4, 0.5) is 0 Å². The van der Waals surface area contributed by atoms with Gasteiger partial charge in [0, 0.05) is 42.8 Å². The van der Waals surface area contributed by atoms with E-state index in [9.17, 15) is 4.79 Å². The van der Waals surface area contributed by atoms with Crippen LogP contribution in [0.5, 0.6) is 11.5 Å². The van der Waals surface area contributed by atoms with Gasteiger partial charge in [-0.15, -0.1) is 0 Å². The number of benzene rings is 1. The molecule has 1 aromatic carbocycles. The summed E-state index contributed by atoms with van der Waals surface area (Å²) in [5.41, 5.74) is 2.30. The van der Waals surface area contributed by atoms with E-state index in [-0.39, 0.29) is 5.91 Å². The maximum Gasteiger partial charge on any atom is 0.255 e. The lowest BCUT2D eigenvalue weighted by Crippen LogP contribution is -2.34. The fourth-order valence-corrected chi connectivity index (χ4v) is 3.58. The van der Waals surface area contributed by atoms with Gasteiger partial charge in [0.05, 0.1) is 32.5 Å². The van der Waals surface area contributed by atoms with Crippen molar-refractivity contribution in [2.45, 2.75) is 13.0 Å². The number of amides is 1. The van der Waals surface area contributed by atoms with Crippen LogP contribution in [0.1, 0.15) is 22.3 Å². The molecule has 0 bridgehead atoms. The van der Waals surface area contributed by atoms with Crippen LogP contribution in [0, 0.1) is 0 Å². The topological polar surface area (TPSA) is 81.5 Å². The molecule has 4 rings (SSSR count). The Labute approximate surface area is 169 Å². The van der Waals surface area contributed by atoms with Crippen LogP contribution in [0.3, 0.4) is 0 Å². The Morgan fingerprint density at radius 3 is 2.86 bits per heavy atom. The van der Waals surface area contributed by atoms with Crippen molar-refractivity contribution in [1.29, 1.82) is 0 Å². The Kier molecular flexibility index (Phi) is 5.62. The molecule has 0 spiro atoms. The summed E-state index contributed by atoms with van der Waals surface area (Å²) < 4.78 is 12.5. The van der Waals surface area contributed by atoms with Gasteiger partial charge in [0.2, 0.25) is 0 Å². The first kappa shape index (κ1) is 19.2. The highest BCUT2D eigenvalue weighted by Crippen LogP contribution is 2.26. The maximum absolute atomic E-state index is 12.8. The molecule has 1 saturated heterocycles. The summed E-state index contributed by atoms with van der Waals surface area (Å²) in [4.78, 5) is 19.3. The van der Waals surface area contributed by atoms with Gasteiger partial charge in [-0.05, 0) is 31.2 Å². The van der Waals surface area contributed by atoms with E-state index in [1.807, 2.05) is 33.8 Å². The predicted octanol–water partition coefficient (Wildman–Crippen LogP) is 1.93. The molecule has 3 aromatic rings. The van der Waals surface area contributed by atoms with Crippen LogP contribution in [0.15, 0.2) is 36.7 Å². The third-order valence-electron chi connectivity index (χ3n) is 5.16. The van der Waals surface area contributed by atoms with Crippen LogP contribution in [-0.2, 0) is 6.54 Å². The Hall–Kier alpha value is -3.13. The molecule has 0 unspecified atom stereocenters. The molecule has 0 saturated carbocycles. The minimum absolute atomic E-state index is 0.0210. The molecule has 8 heteroatoms. The van der Waals surface area contributed by atoms with E-state index in [4.69, 9.17) is 9.47 Å². The second-order valence-electron chi connectivity index (χ2n) is 7.01. The molecule has 1 N–H and O–H groups in total. The molecule has 0 aliphatic carbocycles. The van der Waals surface area contributed by atoms with E-state index in [1.54, 1.807) is 26.6 Å². The summed E-state index contributed by atoms with van der Waals surface area (Å²) in [6.45, 7) is 3.76. The van der Waals surface area contributed by atoms with Gasteiger partial charge in [0.25, 0.3) is 5.91 Å². The average molecular weight is 395 g/mol. The summed E-state index contributed by atoms with van der Waals surface area (Å²) in [5, 5.41) is 8.63. The Morgan fingerprint density at radius 1 is 1.14 bits per heavy atom. The molecular formula is C21H25N5O3. The summed E-state index contributed by atoms with van der Waals surface area (Å²) in [7, 11) is 3.26. The van der Waals surface area contributed by atoms with Crippen molar-refractivity contribution in [3.05, 3.63) is 47.8 Å². The zero-order valence-electron chi connectivity index (χ0n) is 16.7. The smallest absolute Gasteiger partial charge is 0.255 e. The number of nitrogens with one attached hydrogen (secondary N) is 1. The van der Waals surface area contributed by atoms with Crippen LogP contribution < -0.4 is 14.8 Å². The minimum Gasteiger partial charge on any atom is -0.497 e. The molecule has 2 aromatic heterocycles. The Balaban J connectivity index is 1.58. The lowest BCUT2D eigenvalue weighted by molar-refractivity contribution is 0.0766. The zero-order valence-corrected chi connectivity index (χ0v) is 16.7. The van der Waals surface area contributed by atoms with E-state index in [1.165, 1.54) is 0 Å². The summed E-state index contributed by atoms with van der Waals surface area (Å²) in [5.74, 6) is 1.49. The maximum atomic E-state index is 12.8.